The van der Waals surface area contributed by atoms with E-state index < -0.39 is 21.0 Å². The first kappa shape index (κ1) is 16.4. The second kappa shape index (κ2) is 5.88. The molecule has 24 heavy (non-hydrogen) atoms. The molecule has 0 aliphatic carbocycles. The first-order valence-electron chi connectivity index (χ1n) is 7.34. The van der Waals surface area contributed by atoms with Crippen molar-refractivity contribution < 1.29 is 18.4 Å². The first-order valence-corrected chi connectivity index (χ1v) is 8.78. The van der Waals surface area contributed by atoms with Gasteiger partial charge < -0.3 is 5.11 Å². The predicted octanol–water partition coefficient (Wildman–Crippen LogP) is 2.02. The van der Waals surface area contributed by atoms with Crippen molar-refractivity contribution in [2.45, 2.75) is 24.3 Å². The van der Waals surface area contributed by atoms with E-state index in [4.69, 9.17) is 0 Å². The van der Waals surface area contributed by atoms with Gasteiger partial charge >= 0.3 is 0 Å². The molecule has 0 saturated heterocycles. The summed E-state index contributed by atoms with van der Waals surface area (Å²) in [5, 5.41) is 20.7. The number of benzene rings is 2. The lowest BCUT2D eigenvalue weighted by molar-refractivity contribution is -0.385. The highest BCUT2D eigenvalue weighted by Gasteiger charge is 2.38. The maximum atomic E-state index is 13.0. The monoisotopic (exact) mass is 348 g/mol. The number of hydrogen-bond donors (Lipinski definition) is 1. The van der Waals surface area contributed by atoms with E-state index in [9.17, 15) is 23.6 Å². The Hall–Kier alpha value is -2.45. The third-order valence-electron chi connectivity index (χ3n) is 4.16. The van der Waals surface area contributed by atoms with Gasteiger partial charge in [0, 0.05) is 11.6 Å². The molecule has 1 aliphatic rings. The number of nitro groups is 1. The minimum Gasteiger partial charge on any atom is -0.394 e. The van der Waals surface area contributed by atoms with Gasteiger partial charge in [0.15, 0.2) is 0 Å². The van der Waals surface area contributed by atoms with Gasteiger partial charge in [0.25, 0.3) is 15.7 Å². The molecule has 2 aromatic rings. The number of para-hydroxylation sites is 1. The van der Waals surface area contributed by atoms with E-state index in [1.165, 1.54) is 12.1 Å². The predicted molar refractivity (Wildman–Crippen MR) is 88.5 cm³/mol. The minimum absolute atomic E-state index is 0.157. The Morgan fingerprint density at radius 1 is 1.29 bits per heavy atom. The summed E-state index contributed by atoms with van der Waals surface area (Å²) >= 11 is 0. The molecule has 1 N–H and O–H groups in total. The molecule has 0 bridgehead atoms. The number of rotatable bonds is 4. The summed E-state index contributed by atoms with van der Waals surface area (Å²) in [6, 6.07) is 10.2. The molecule has 126 valence electrons. The number of hydrogen-bond acceptors (Lipinski definition) is 5. The Morgan fingerprint density at radius 3 is 2.67 bits per heavy atom. The van der Waals surface area contributed by atoms with Crippen LogP contribution in [0.15, 0.2) is 47.4 Å². The van der Waals surface area contributed by atoms with Crippen LogP contribution in [-0.4, -0.2) is 31.1 Å². The fourth-order valence-electron chi connectivity index (χ4n) is 2.96. The zero-order valence-corrected chi connectivity index (χ0v) is 13.7. The van der Waals surface area contributed by atoms with E-state index in [-0.39, 0.29) is 17.2 Å². The number of nitrogens with zero attached hydrogens (tertiary/aromatic N) is 2. The maximum absolute atomic E-state index is 13.0. The van der Waals surface area contributed by atoms with Crippen LogP contribution in [0.2, 0.25) is 0 Å². The van der Waals surface area contributed by atoms with Crippen LogP contribution in [-0.2, 0) is 16.4 Å². The van der Waals surface area contributed by atoms with Crippen molar-refractivity contribution in [3.63, 3.8) is 0 Å². The fraction of sp³-hybridized carbons (Fsp3) is 0.250. The molecule has 1 heterocycles. The summed E-state index contributed by atoms with van der Waals surface area (Å²) in [6.45, 7) is 1.22. The van der Waals surface area contributed by atoms with Gasteiger partial charge in [-0.3, -0.25) is 14.4 Å². The topological polar surface area (TPSA) is 101 Å². The van der Waals surface area contributed by atoms with Gasteiger partial charge in [0.2, 0.25) is 0 Å². The Bertz CT molecular complexity index is 910. The summed E-state index contributed by atoms with van der Waals surface area (Å²) in [5.74, 6) is 0. The zero-order chi connectivity index (χ0) is 17.5. The van der Waals surface area contributed by atoms with Crippen molar-refractivity contribution in [3.8, 4) is 0 Å². The van der Waals surface area contributed by atoms with Crippen LogP contribution in [0.3, 0.4) is 0 Å². The van der Waals surface area contributed by atoms with Gasteiger partial charge in [-0.25, -0.2) is 8.42 Å². The third kappa shape index (κ3) is 2.53. The van der Waals surface area contributed by atoms with Gasteiger partial charge in [0.05, 0.1) is 28.2 Å². The smallest absolute Gasteiger partial charge is 0.273 e. The van der Waals surface area contributed by atoms with Crippen LogP contribution in [0.4, 0.5) is 11.4 Å². The second-order valence-electron chi connectivity index (χ2n) is 5.68. The molecule has 1 unspecified atom stereocenters. The number of aryl methyl sites for hydroxylation is 1. The molecule has 0 spiro atoms. The van der Waals surface area contributed by atoms with E-state index in [1.807, 2.05) is 6.07 Å². The highest BCUT2D eigenvalue weighted by atomic mass is 32.2. The Labute approximate surface area is 139 Å². The highest BCUT2D eigenvalue weighted by Crippen LogP contribution is 2.37. The summed E-state index contributed by atoms with van der Waals surface area (Å²) in [4.78, 5) is 10.3. The number of nitro benzene ring substituents is 1. The lowest BCUT2D eigenvalue weighted by atomic mass is 10.1. The van der Waals surface area contributed by atoms with Crippen LogP contribution >= 0.6 is 0 Å². The molecule has 1 aliphatic heterocycles. The van der Waals surface area contributed by atoms with E-state index in [1.54, 1.807) is 25.1 Å². The van der Waals surface area contributed by atoms with E-state index >= 15 is 0 Å². The molecule has 1 atom stereocenters. The van der Waals surface area contributed by atoms with Gasteiger partial charge in [-0.15, -0.1) is 0 Å². The highest BCUT2D eigenvalue weighted by molar-refractivity contribution is 7.92. The average Bonchev–Trinajstić information content (AvgIpc) is 2.94. The van der Waals surface area contributed by atoms with Crippen LogP contribution < -0.4 is 4.31 Å². The van der Waals surface area contributed by atoms with Crippen molar-refractivity contribution in [3.05, 3.63) is 63.7 Å². The molecule has 0 radical (unpaired) electrons. The SMILES string of the molecule is Cc1ccc(S(=O)(=O)N2c3ccccc3CC2CO)cc1[N+](=O)[O-]. The third-order valence-corrected chi connectivity index (χ3v) is 6.02. The number of aliphatic hydroxyl groups is 1. The average molecular weight is 348 g/mol. The van der Waals surface area contributed by atoms with Crippen molar-refractivity contribution >= 4 is 21.4 Å². The van der Waals surface area contributed by atoms with E-state index in [0.717, 1.165) is 15.9 Å². The summed E-state index contributed by atoms with van der Waals surface area (Å²) < 4.78 is 27.3. The number of anilines is 1. The molecule has 7 nitrogen and oxygen atoms in total. The number of aliphatic hydroxyl groups excluding tert-OH is 1. The van der Waals surface area contributed by atoms with Crippen LogP contribution in [0, 0.1) is 17.0 Å². The van der Waals surface area contributed by atoms with Crippen molar-refractivity contribution in [1.29, 1.82) is 0 Å². The first-order chi connectivity index (χ1) is 11.4. The van der Waals surface area contributed by atoms with Crippen molar-refractivity contribution in [2.75, 3.05) is 10.9 Å². The fourth-order valence-corrected chi connectivity index (χ4v) is 4.65. The molecule has 2 aromatic carbocycles. The molecule has 0 aromatic heterocycles. The summed E-state index contributed by atoms with van der Waals surface area (Å²) in [7, 11) is -4.02. The zero-order valence-electron chi connectivity index (χ0n) is 12.9. The van der Waals surface area contributed by atoms with E-state index in [0.29, 0.717) is 17.7 Å². The quantitative estimate of drug-likeness (QED) is 0.673. The Balaban J connectivity index is 2.14. The standard InChI is InChI=1S/C16H16N2O5S/c1-11-6-7-14(9-16(11)18(20)21)24(22,23)17-13(10-19)8-12-4-2-3-5-15(12)17/h2-7,9,13,19H,8,10H2,1H3. The van der Waals surface area contributed by atoms with Gasteiger partial charge in [-0.2, -0.15) is 0 Å². The molecular weight excluding hydrogens is 332 g/mol. The normalized spacial score (nSPS) is 16.9. The van der Waals surface area contributed by atoms with E-state index in [2.05, 4.69) is 0 Å². The Morgan fingerprint density at radius 2 is 2.00 bits per heavy atom. The van der Waals surface area contributed by atoms with Gasteiger partial charge in [-0.1, -0.05) is 24.3 Å². The largest absolute Gasteiger partial charge is 0.394 e. The van der Waals surface area contributed by atoms with Crippen molar-refractivity contribution in [1.82, 2.24) is 0 Å². The Kier molecular flexibility index (Phi) is 4.02. The second-order valence-corrected chi connectivity index (χ2v) is 7.49. The lowest BCUT2D eigenvalue weighted by Gasteiger charge is -2.25. The number of sulfonamides is 1. The molecule has 0 saturated carbocycles. The van der Waals surface area contributed by atoms with Crippen LogP contribution in [0.1, 0.15) is 11.1 Å². The lowest BCUT2D eigenvalue weighted by Crippen LogP contribution is -2.39. The minimum atomic E-state index is -4.02. The van der Waals surface area contributed by atoms with Gasteiger partial charge in [0.1, 0.15) is 0 Å². The molecule has 8 heteroatoms. The molecular formula is C16H16N2O5S. The molecule has 3 rings (SSSR count). The van der Waals surface area contributed by atoms with Crippen LogP contribution in [0.25, 0.3) is 0 Å². The maximum Gasteiger partial charge on any atom is 0.273 e. The number of fused-ring (bicyclic) bond motifs is 1. The van der Waals surface area contributed by atoms with Crippen LogP contribution in [0.5, 0.6) is 0 Å². The van der Waals surface area contributed by atoms with Gasteiger partial charge in [-0.05, 0) is 31.0 Å². The van der Waals surface area contributed by atoms with Crippen molar-refractivity contribution in [2.24, 2.45) is 0 Å². The molecule has 0 fully saturated rings. The summed E-state index contributed by atoms with van der Waals surface area (Å²) in [5.41, 5.74) is 1.46. The summed E-state index contributed by atoms with van der Waals surface area (Å²) in [6.07, 6.45) is 0.403. The molecule has 0 amide bonds.